The van der Waals surface area contributed by atoms with Gasteiger partial charge in [0, 0.05) is 5.02 Å². The summed E-state index contributed by atoms with van der Waals surface area (Å²) in [5.74, 6) is 0.327. The zero-order valence-corrected chi connectivity index (χ0v) is 15.6. The summed E-state index contributed by atoms with van der Waals surface area (Å²) in [5.41, 5.74) is 0. The molecular weight excluding hydrogens is 403 g/mol. The average Bonchev–Trinajstić information content (AvgIpc) is 2.93. The van der Waals surface area contributed by atoms with E-state index >= 15 is 0 Å². The van der Waals surface area contributed by atoms with Gasteiger partial charge in [0.15, 0.2) is 10.1 Å². The highest BCUT2D eigenvalue weighted by molar-refractivity contribution is 8.00. The molecule has 0 unspecified atom stereocenters. The Kier molecular flexibility index (Phi) is 7.04. The van der Waals surface area contributed by atoms with Gasteiger partial charge in [-0.1, -0.05) is 57.9 Å². The number of thioether (sulfide) groups is 1. The van der Waals surface area contributed by atoms with Crippen molar-refractivity contribution >= 4 is 69.1 Å². The van der Waals surface area contributed by atoms with Crippen molar-refractivity contribution in [3.05, 3.63) is 27.2 Å². The molecule has 0 aliphatic carbocycles. The average molecular weight is 414 g/mol. The van der Waals surface area contributed by atoms with E-state index < -0.39 is 6.03 Å². The van der Waals surface area contributed by atoms with Gasteiger partial charge < -0.3 is 10.1 Å². The molecule has 2 amide bonds. The molecule has 0 saturated carbocycles. The van der Waals surface area contributed by atoms with Crippen molar-refractivity contribution in [1.29, 1.82) is 0 Å². The molecule has 0 atom stereocenters. The number of carbonyl (C=O) groups is 1. The summed E-state index contributed by atoms with van der Waals surface area (Å²) >= 11 is 20.5. The Morgan fingerprint density at radius 3 is 2.61 bits per heavy atom. The first kappa shape index (κ1) is 18.4. The number of ether oxygens (including phenoxy) is 1. The molecule has 1 aromatic carbocycles. The maximum atomic E-state index is 11.7. The number of aromatic nitrogens is 2. The van der Waals surface area contributed by atoms with Crippen LogP contribution in [0.15, 0.2) is 16.5 Å². The van der Waals surface area contributed by atoms with E-state index in [0.29, 0.717) is 25.9 Å². The summed E-state index contributed by atoms with van der Waals surface area (Å²) < 4.78 is 6.22. The van der Waals surface area contributed by atoms with E-state index in [1.165, 1.54) is 35.2 Å². The number of nitrogens with one attached hydrogen (secondary N) is 2. The number of urea groups is 1. The third-order valence-electron chi connectivity index (χ3n) is 2.40. The Hall–Kier alpha value is -0.930. The molecule has 0 aliphatic rings. The lowest BCUT2D eigenvalue weighted by atomic mass is 10.3. The molecule has 0 fully saturated rings. The second kappa shape index (κ2) is 8.79. The fourth-order valence-electron chi connectivity index (χ4n) is 1.47. The zero-order chi connectivity index (χ0) is 16.8. The lowest BCUT2D eigenvalue weighted by molar-refractivity contribution is 0.247. The number of hydrogen-bond donors (Lipinski definition) is 2. The largest absolute Gasteiger partial charge is 0.489 e. The van der Waals surface area contributed by atoms with E-state index in [1.807, 2.05) is 6.26 Å². The first-order valence-corrected chi connectivity index (χ1v) is 9.37. The summed E-state index contributed by atoms with van der Waals surface area (Å²) in [6.07, 6.45) is 1.88. The van der Waals surface area contributed by atoms with Gasteiger partial charge in [-0.2, -0.15) is 0 Å². The number of rotatable bonds is 6. The van der Waals surface area contributed by atoms with Gasteiger partial charge in [0.1, 0.15) is 6.61 Å². The number of amides is 2. The predicted octanol–water partition coefficient (Wildman–Crippen LogP) is 4.42. The third-order valence-corrected chi connectivity index (χ3v) is 4.99. The monoisotopic (exact) mass is 412 g/mol. The molecular formula is C12H11Cl3N4O2S2. The van der Waals surface area contributed by atoms with Crippen LogP contribution in [0.25, 0.3) is 0 Å². The molecule has 2 N–H and O–H groups in total. The van der Waals surface area contributed by atoms with Crippen molar-refractivity contribution in [2.24, 2.45) is 0 Å². The summed E-state index contributed by atoms with van der Waals surface area (Å²) in [6, 6.07) is 2.66. The maximum absolute atomic E-state index is 11.7. The van der Waals surface area contributed by atoms with Gasteiger partial charge >= 0.3 is 6.03 Å². The normalized spacial score (nSPS) is 10.4. The summed E-state index contributed by atoms with van der Waals surface area (Å²) in [6.45, 7) is 0.454. The van der Waals surface area contributed by atoms with E-state index in [2.05, 4.69) is 20.8 Å². The lowest BCUT2D eigenvalue weighted by Crippen LogP contribution is -2.32. The fraction of sp³-hybridized carbons (Fsp3) is 0.250. The highest BCUT2D eigenvalue weighted by atomic mass is 35.5. The van der Waals surface area contributed by atoms with Crippen LogP contribution in [0.5, 0.6) is 5.75 Å². The number of anilines is 1. The van der Waals surface area contributed by atoms with Crippen LogP contribution < -0.4 is 15.4 Å². The number of hydrogen-bond acceptors (Lipinski definition) is 6. The Morgan fingerprint density at radius 2 is 2.00 bits per heavy atom. The highest BCUT2D eigenvalue weighted by Gasteiger charge is 2.10. The van der Waals surface area contributed by atoms with Gasteiger partial charge in [-0.15, -0.1) is 10.2 Å². The molecule has 1 aromatic heterocycles. The van der Waals surface area contributed by atoms with Crippen LogP contribution in [0.1, 0.15) is 0 Å². The molecule has 0 spiro atoms. The van der Waals surface area contributed by atoms with Gasteiger partial charge in [-0.3, -0.25) is 5.32 Å². The molecule has 2 aromatic rings. The van der Waals surface area contributed by atoms with Crippen molar-refractivity contribution in [3.8, 4) is 5.75 Å². The van der Waals surface area contributed by atoms with Crippen molar-refractivity contribution in [2.45, 2.75) is 4.34 Å². The Labute approximate surface area is 155 Å². The molecule has 11 heteroatoms. The van der Waals surface area contributed by atoms with Crippen molar-refractivity contribution in [3.63, 3.8) is 0 Å². The Morgan fingerprint density at radius 1 is 1.30 bits per heavy atom. The predicted molar refractivity (Wildman–Crippen MR) is 95.7 cm³/mol. The number of nitrogens with zero attached hydrogens (tertiary/aromatic N) is 2. The Balaban J connectivity index is 1.76. The molecule has 1 heterocycles. The first-order chi connectivity index (χ1) is 11.0. The van der Waals surface area contributed by atoms with Gasteiger partial charge in [-0.05, 0) is 18.4 Å². The topological polar surface area (TPSA) is 76.1 Å². The molecule has 124 valence electrons. The minimum Gasteiger partial charge on any atom is -0.489 e. The van der Waals surface area contributed by atoms with Crippen LogP contribution in [0.3, 0.4) is 0 Å². The van der Waals surface area contributed by atoms with E-state index in [0.717, 1.165) is 4.34 Å². The van der Waals surface area contributed by atoms with Crippen LogP contribution in [0, 0.1) is 0 Å². The van der Waals surface area contributed by atoms with Gasteiger partial charge in [0.2, 0.25) is 5.13 Å². The zero-order valence-electron chi connectivity index (χ0n) is 11.7. The van der Waals surface area contributed by atoms with Crippen LogP contribution in [0.2, 0.25) is 15.1 Å². The quantitative estimate of drug-likeness (QED) is 0.416. The smallest absolute Gasteiger partial charge is 0.321 e. The standard InChI is InChI=1S/C12H11Cl3N4O2S2/c1-22-12-19-18-11(23-12)17-10(20)16-2-3-21-9-7(14)4-6(13)5-8(9)15/h4-5H,2-3H2,1H3,(H2,16,17,18,20). The van der Waals surface area contributed by atoms with Crippen LogP contribution >= 0.6 is 57.9 Å². The minimum absolute atomic E-state index is 0.195. The second-order valence-corrected chi connectivity index (χ2v) is 7.29. The lowest BCUT2D eigenvalue weighted by Gasteiger charge is -2.11. The molecule has 23 heavy (non-hydrogen) atoms. The van der Waals surface area contributed by atoms with E-state index in [9.17, 15) is 4.79 Å². The first-order valence-electron chi connectivity index (χ1n) is 6.19. The Bertz CT molecular complexity index is 676. The molecule has 0 saturated heterocycles. The van der Waals surface area contributed by atoms with Gasteiger partial charge in [0.25, 0.3) is 0 Å². The van der Waals surface area contributed by atoms with E-state index in [4.69, 9.17) is 39.5 Å². The molecule has 0 bridgehead atoms. The molecule has 6 nitrogen and oxygen atoms in total. The SMILES string of the molecule is CSc1nnc(NC(=O)NCCOc2c(Cl)cc(Cl)cc2Cl)s1. The van der Waals surface area contributed by atoms with Crippen LogP contribution in [-0.2, 0) is 0 Å². The molecule has 2 rings (SSSR count). The number of benzene rings is 1. The van der Waals surface area contributed by atoms with E-state index in [1.54, 1.807) is 0 Å². The van der Waals surface area contributed by atoms with Crippen LogP contribution in [0.4, 0.5) is 9.93 Å². The van der Waals surface area contributed by atoms with E-state index in [-0.39, 0.29) is 13.2 Å². The summed E-state index contributed by atoms with van der Waals surface area (Å²) in [4.78, 5) is 11.7. The van der Waals surface area contributed by atoms with Crippen molar-refractivity contribution in [2.75, 3.05) is 24.7 Å². The number of carbonyl (C=O) groups excluding carboxylic acids is 1. The minimum atomic E-state index is -0.397. The van der Waals surface area contributed by atoms with Crippen molar-refractivity contribution in [1.82, 2.24) is 15.5 Å². The second-order valence-electron chi connectivity index (χ2n) is 4.01. The van der Waals surface area contributed by atoms with Crippen molar-refractivity contribution < 1.29 is 9.53 Å². The summed E-state index contributed by atoms with van der Waals surface area (Å²) in [7, 11) is 0. The third kappa shape index (κ3) is 5.58. The van der Waals surface area contributed by atoms with Gasteiger partial charge in [0.05, 0.1) is 16.6 Å². The summed E-state index contributed by atoms with van der Waals surface area (Å²) in [5, 5.41) is 14.4. The highest BCUT2D eigenvalue weighted by Crippen LogP contribution is 2.35. The molecule has 0 aliphatic heterocycles. The van der Waals surface area contributed by atoms with Gasteiger partial charge in [-0.25, -0.2) is 4.79 Å². The van der Waals surface area contributed by atoms with Crippen LogP contribution in [-0.4, -0.2) is 35.6 Å². The molecule has 0 radical (unpaired) electrons. The number of halogens is 3. The fourth-order valence-corrected chi connectivity index (χ4v) is 3.56. The maximum Gasteiger partial charge on any atom is 0.321 e.